The second-order valence-electron chi connectivity index (χ2n) is 3.78. The van der Waals surface area contributed by atoms with Crippen LogP contribution in [-0.4, -0.2) is 52.9 Å². The van der Waals surface area contributed by atoms with Crippen LogP contribution in [0.4, 0.5) is 0 Å². The van der Waals surface area contributed by atoms with E-state index >= 15 is 0 Å². The van der Waals surface area contributed by atoms with Crippen LogP contribution in [0.1, 0.15) is 6.92 Å². The van der Waals surface area contributed by atoms with Gasteiger partial charge in [0, 0.05) is 19.1 Å². The highest BCUT2D eigenvalue weighted by molar-refractivity contribution is 4.64. The first kappa shape index (κ1) is 11.1. The minimum Gasteiger partial charge on any atom is -0.311 e. The van der Waals surface area contributed by atoms with Gasteiger partial charge in [0.05, 0.1) is 6.54 Å². The van der Waals surface area contributed by atoms with E-state index in [1.54, 1.807) is 12.7 Å². The predicted molar refractivity (Wildman–Crippen MR) is 56.0 cm³/mol. The Morgan fingerprint density at radius 3 is 2.86 bits per heavy atom. The number of hydrogen-bond donors (Lipinski definition) is 1. The molecule has 1 N–H and O–H groups in total. The average Bonchev–Trinajstić information content (AvgIpc) is 2.55. The van der Waals surface area contributed by atoms with Gasteiger partial charge in [0.2, 0.25) is 0 Å². The van der Waals surface area contributed by atoms with Gasteiger partial charge in [-0.15, -0.1) is 0 Å². The van der Waals surface area contributed by atoms with Gasteiger partial charge < -0.3 is 10.2 Å². The molecule has 1 aromatic heterocycles. The van der Waals surface area contributed by atoms with Gasteiger partial charge in [-0.05, 0) is 21.0 Å². The zero-order valence-corrected chi connectivity index (χ0v) is 9.14. The van der Waals surface area contributed by atoms with E-state index < -0.39 is 0 Å². The lowest BCUT2D eigenvalue weighted by Crippen LogP contribution is -2.37. The van der Waals surface area contributed by atoms with E-state index in [0.29, 0.717) is 6.04 Å². The summed E-state index contributed by atoms with van der Waals surface area (Å²) in [6, 6.07) is 0.508. The third-order valence-corrected chi connectivity index (χ3v) is 1.94. The monoisotopic (exact) mass is 197 g/mol. The summed E-state index contributed by atoms with van der Waals surface area (Å²) in [4.78, 5) is 6.06. The van der Waals surface area contributed by atoms with E-state index in [0.717, 1.165) is 19.6 Å². The van der Waals surface area contributed by atoms with E-state index in [1.165, 1.54) is 0 Å². The highest BCUT2D eigenvalue weighted by atomic mass is 15.3. The molecule has 0 aliphatic heterocycles. The van der Waals surface area contributed by atoms with Crippen LogP contribution < -0.4 is 5.32 Å². The standard InChI is InChI=1S/C9H19N5/c1-9(6-13(2)3)11-4-5-14-8-10-7-12-14/h7-9,11H,4-6H2,1-3H3. The molecular weight excluding hydrogens is 178 g/mol. The van der Waals surface area contributed by atoms with Crippen LogP contribution in [0.3, 0.4) is 0 Å². The Morgan fingerprint density at radius 1 is 1.50 bits per heavy atom. The van der Waals surface area contributed by atoms with E-state index in [2.05, 4.69) is 41.3 Å². The predicted octanol–water partition coefficient (Wildman–Crippen LogP) is -0.182. The zero-order valence-electron chi connectivity index (χ0n) is 9.14. The van der Waals surface area contributed by atoms with Crippen molar-refractivity contribution in [3.05, 3.63) is 12.7 Å². The van der Waals surface area contributed by atoms with Gasteiger partial charge in [0.1, 0.15) is 12.7 Å². The van der Waals surface area contributed by atoms with Crippen molar-refractivity contribution in [2.75, 3.05) is 27.2 Å². The molecule has 5 nitrogen and oxygen atoms in total. The van der Waals surface area contributed by atoms with Gasteiger partial charge in [-0.25, -0.2) is 4.98 Å². The summed E-state index contributed by atoms with van der Waals surface area (Å²) in [5, 5.41) is 7.45. The fraction of sp³-hybridized carbons (Fsp3) is 0.778. The normalized spacial score (nSPS) is 13.4. The molecular formula is C9H19N5. The van der Waals surface area contributed by atoms with Crippen molar-refractivity contribution in [2.24, 2.45) is 0 Å². The van der Waals surface area contributed by atoms with Crippen LogP contribution in [0, 0.1) is 0 Å². The van der Waals surface area contributed by atoms with Gasteiger partial charge in [0.15, 0.2) is 0 Å². The molecule has 0 amide bonds. The van der Waals surface area contributed by atoms with E-state index in [-0.39, 0.29) is 0 Å². The Morgan fingerprint density at radius 2 is 2.29 bits per heavy atom. The van der Waals surface area contributed by atoms with E-state index in [9.17, 15) is 0 Å². The molecule has 1 atom stereocenters. The molecule has 0 bridgehead atoms. The first-order valence-corrected chi connectivity index (χ1v) is 4.89. The van der Waals surface area contributed by atoms with Crippen molar-refractivity contribution in [3.63, 3.8) is 0 Å². The third kappa shape index (κ3) is 4.34. The molecule has 1 unspecified atom stereocenters. The van der Waals surface area contributed by atoms with Crippen molar-refractivity contribution < 1.29 is 0 Å². The van der Waals surface area contributed by atoms with Crippen LogP contribution in [0.5, 0.6) is 0 Å². The second kappa shape index (κ2) is 5.72. The number of nitrogens with zero attached hydrogens (tertiary/aromatic N) is 4. The topological polar surface area (TPSA) is 46.0 Å². The Balaban J connectivity index is 2.09. The molecule has 0 aliphatic rings. The average molecular weight is 197 g/mol. The van der Waals surface area contributed by atoms with Crippen LogP contribution >= 0.6 is 0 Å². The summed E-state index contributed by atoms with van der Waals surface area (Å²) in [5.74, 6) is 0. The summed E-state index contributed by atoms with van der Waals surface area (Å²) in [7, 11) is 4.16. The zero-order chi connectivity index (χ0) is 10.4. The summed E-state index contributed by atoms with van der Waals surface area (Å²) in [6.07, 6.45) is 3.29. The molecule has 1 rings (SSSR count). The second-order valence-corrected chi connectivity index (χ2v) is 3.78. The molecule has 0 saturated heterocycles. The highest BCUT2D eigenvalue weighted by Crippen LogP contribution is 1.85. The number of hydrogen-bond acceptors (Lipinski definition) is 4. The van der Waals surface area contributed by atoms with Crippen molar-refractivity contribution in [2.45, 2.75) is 19.5 Å². The maximum absolute atomic E-state index is 4.03. The van der Waals surface area contributed by atoms with Crippen LogP contribution in [0.2, 0.25) is 0 Å². The molecule has 14 heavy (non-hydrogen) atoms. The van der Waals surface area contributed by atoms with Crippen LogP contribution in [0.15, 0.2) is 12.7 Å². The van der Waals surface area contributed by atoms with Gasteiger partial charge in [-0.3, -0.25) is 4.68 Å². The largest absolute Gasteiger partial charge is 0.311 e. The smallest absolute Gasteiger partial charge is 0.137 e. The molecule has 0 aromatic carbocycles. The first-order chi connectivity index (χ1) is 6.68. The SMILES string of the molecule is CC(CN(C)C)NCCn1cncn1. The number of rotatable bonds is 6. The minimum atomic E-state index is 0.508. The van der Waals surface area contributed by atoms with Gasteiger partial charge >= 0.3 is 0 Å². The molecule has 80 valence electrons. The highest BCUT2D eigenvalue weighted by Gasteiger charge is 2.01. The first-order valence-electron chi connectivity index (χ1n) is 4.89. The van der Waals surface area contributed by atoms with Crippen molar-refractivity contribution in [1.29, 1.82) is 0 Å². The molecule has 0 aliphatic carbocycles. The number of aromatic nitrogens is 3. The summed E-state index contributed by atoms with van der Waals surface area (Å²) < 4.78 is 1.83. The lowest BCUT2D eigenvalue weighted by Gasteiger charge is -2.18. The van der Waals surface area contributed by atoms with Crippen molar-refractivity contribution in [1.82, 2.24) is 25.0 Å². The quantitative estimate of drug-likeness (QED) is 0.687. The minimum absolute atomic E-state index is 0.508. The molecule has 1 heterocycles. The molecule has 1 aromatic rings. The maximum atomic E-state index is 4.03. The summed E-state index contributed by atoms with van der Waals surface area (Å²) in [5.41, 5.74) is 0. The fourth-order valence-corrected chi connectivity index (χ4v) is 1.39. The molecule has 0 fully saturated rings. The Kier molecular flexibility index (Phi) is 4.55. The lowest BCUT2D eigenvalue weighted by molar-refractivity contribution is 0.345. The number of nitrogens with one attached hydrogen (secondary N) is 1. The molecule has 0 saturated carbocycles. The Bertz CT molecular complexity index is 231. The van der Waals surface area contributed by atoms with Gasteiger partial charge in [0.25, 0.3) is 0 Å². The summed E-state index contributed by atoms with van der Waals surface area (Å²) in [6.45, 7) is 5.04. The van der Waals surface area contributed by atoms with Crippen LogP contribution in [-0.2, 0) is 6.54 Å². The van der Waals surface area contributed by atoms with E-state index in [4.69, 9.17) is 0 Å². The third-order valence-electron chi connectivity index (χ3n) is 1.94. The fourth-order valence-electron chi connectivity index (χ4n) is 1.39. The number of likely N-dealkylation sites (N-methyl/N-ethyl adjacent to an activating group) is 1. The van der Waals surface area contributed by atoms with Crippen molar-refractivity contribution in [3.8, 4) is 0 Å². The molecule has 0 spiro atoms. The van der Waals surface area contributed by atoms with Crippen LogP contribution in [0.25, 0.3) is 0 Å². The Labute approximate surface area is 85.1 Å². The Hall–Kier alpha value is -0.940. The van der Waals surface area contributed by atoms with E-state index in [1.807, 2.05) is 4.68 Å². The van der Waals surface area contributed by atoms with Gasteiger partial charge in [-0.2, -0.15) is 5.10 Å². The molecule has 5 heteroatoms. The maximum Gasteiger partial charge on any atom is 0.137 e. The molecule has 0 radical (unpaired) electrons. The summed E-state index contributed by atoms with van der Waals surface area (Å²) >= 11 is 0. The van der Waals surface area contributed by atoms with Crippen molar-refractivity contribution >= 4 is 0 Å². The lowest BCUT2D eigenvalue weighted by atomic mass is 10.3. The van der Waals surface area contributed by atoms with Gasteiger partial charge in [-0.1, -0.05) is 0 Å².